The quantitative estimate of drug-likeness (QED) is 0.164. The Kier molecular flexibility index (Phi) is 9.40. The van der Waals surface area contributed by atoms with E-state index in [1.807, 2.05) is 22.7 Å². The molecule has 0 fully saturated rings. The van der Waals surface area contributed by atoms with E-state index in [0.29, 0.717) is 0 Å². The van der Waals surface area contributed by atoms with Gasteiger partial charge in [-0.15, -0.1) is 22.7 Å². The maximum atomic E-state index is 6.29. The fourth-order valence-electron chi connectivity index (χ4n) is 12.5. The summed E-state index contributed by atoms with van der Waals surface area (Å²) in [7, 11) is 0. The summed E-state index contributed by atoms with van der Waals surface area (Å²) in [5.41, 5.74) is 17.0. The van der Waals surface area contributed by atoms with E-state index < -0.39 is 0 Å². The second-order valence-electron chi connectivity index (χ2n) is 20.0. The molecule has 4 heteroatoms. The molecule has 0 saturated carbocycles. The van der Waals surface area contributed by atoms with Crippen molar-refractivity contribution in [3.05, 3.63) is 228 Å². The van der Waals surface area contributed by atoms with Crippen LogP contribution in [0.4, 0.5) is 0 Å². The molecule has 2 nitrogen and oxygen atoms in total. The highest BCUT2D eigenvalue weighted by molar-refractivity contribution is 7.26. The number of hydrogen-bond donors (Lipinski definition) is 0. The van der Waals surface area contributed by atoms with E-state index >= 15 is 0 Å². The molecule has 0 spiro atoms. The van der Waals surface area contributed by atoms with Crippen LogP contribution < -0.4 is 0 Å². The first-order valence-corrected chi connectivity index (χ1v) is 26.9. The lowest BCUT2D eigenvalue weighted by Crippen LogP contribution is -2.20. The second kappa shape index (κ2) is 16.2. The van der Waals surface area contributed by atoms with Crippen molar-refractivity contribution in [2.45, 2.75) is 51.5 Å². The van der Waals surface area contributed by atoms with Gasteiger partial charge in [0, 0.05) is 57.4 Å². The molecule has 0 aliphatic carbocycles. The Morgan fingerprint density at radius 1 is 0.507 bits per heavy atom. The first-order valence-electron chi connectivity index (χ1n) is 25.3. The average Bonchev–Trinajstić information content (AvgIpc) is 4.09. The number of thiophene rings is 2. The Labute approximate surface area is 420 Å². The zero-order chi connectivity index (χ0) is 46.7. The number of benzene rings is 10. The van der Waals surface area contributed by atoms with Crippen LogP contribution in [0.5, 0.6) is 0 Å². The molecule has 0 amide bonds. The van der Waals surface area contributed by atoms with Crippen LogP contribution in [-0.2, 0) is 12.8 Å². The van der Waals surface area contributed by atoms with E-state index in [0.717, 1.165) is 44.2 Å². The summed E-state index contributed by atoms with van der Waals surface area (Å²) in [6.45, 7) is 2.24. The SMILES string of the molecule is Cc1ccccc1-c1ccccc1CCC1CCC/C(c2cccc3c2sc2ccccc23)=C2/Cc3ccc4ccc5c6cc7ccccc7cc6n(c5c4c3)-c3c(ccc4c3sc3ccccc34)C2=N1. The lowest BCUT2D eigenvalue weighted by Gasteiger charge is -2.27. The standard InChI is InChI=1S/C67H48N2S2/c1-40-14-2-6-19-47(40)48-20-7-5-15-42(48)30-32-46-18-12-23-49(53-24-13-25-54-50-21-8-10-26-61(50)70-66(53)54)59-37-41-28-29-43-31-33-52-58-38-44-16-3-4-17-45(44)39-60(58)69(64(52)57(43)36-41)65-56(63(59)68-46)35-34-55-51-22-9-11-27-62(51)71-67(55)65/h2-11,13-17,19-22,24-29,31,33-36,38-39,46H,12,18,23,30,32,37H2,1H3/b59-49+,68-63?. The Morgan fingerprint density at radius 2 is 1.18 bits per heavy atom. The predicted molar refractivity (Wildman–Crippen MR) is 308 cm³/mol. The fraction of sp³-hybridized carbons (Fsp3) is 0.119. The molecule has 10 aromatic carbocycles. The van der Waals surface area contributed by atoms with Gasteiger partial charge in [0.15, 0.2) is 0 Å². The van der Waals surface area contributed by atoms with Crippen LogP contribution in [0.1, 0.15) is 53.5 Å². The lowest BCUT2D eigenvalue weighted by atomic mass is 9.83. The molecule has 15 rings (SSSR count). The highest BCUT2D eigenvalue weighted by Crippen LogP contribution is 2.48. The van der Waals surface area contributed by atoms with Gasteiger partial charge in [0.25, 0.3) is 0 Å². The molecule has 2 aliphatic rings. The van der Waals surface area contributed by atoms with Crippen molar-refractivity contribution in [2.75, 3.05) is 0 Å². The number of allylic oxidation sites excluding steroid dienone is 2. The van der Waals surface area contributed by atoms with Crippen LogP contribution in [-0.4, -0.2) is 16.3 Å². The molecule has 1 atom stereocenters. The molecule has 0 N–H and O–H groups in total. The van der Waals surface area contributed by atoms with Gasteiger partial charge in [-0.05, 0) is 143 Å². The van der Waals surface area contributed by atoms with Crippen LogP contribution in [0.2, 0.25) is 0 Å². The van der Waals surface area contributed by atoms with Gasteiger partial charge in [-0.25, -0.2) is 0 Å². The first kappa shape index (κ1) is 41.2. The van der Waals surface area contributed by atoms with Crippen molar-refractivity contribution in [3.8, 4) is 16.8 Å². The first-order chi connectivity index (χ1) is 35.1. The normalized spacial score (nSPS) is 16.2. The molecule has 13 aromatic rings. The summed E-state index contributed by atoms with van der Waals surface area (Å²) < 4.78 is 8.02. The molecular weight excluding hydrogens is 897 g/mol. The number of fused-ring (bicyclic) bond motifs is 16. The minimum absolute atomic E-state index is 0.126. The number of aliphatic imine (C=N–C) groups is 1. The van der Waals surface area contributed by atoms with Gasteiger partial charge < -0.3 is 4.57 Å². The van der Waals surface area contributed by atoms with Crippen molar-refractivity contribution < 1.29 is 0 Å². The monoisotopic (exact) mass is 944 g/mol. The minimum Gasteiger partial charge on any atom is -0.306 e. The van der Waals surface area contributed by atoms with E-state index in [1.165, 1.54) is 139 Å². The molecular formula is C67H48N2S2. The van der Waals surface area contributed by atoms with Gasteiger partial charge in [-0.1, -0.05) is 158 Å². The lowest BCUT2D eigenvalue weighted by molar-refractivity contribution is 0.551. The minimum atomic E-state index is 0.126. The number of nitrogens with zero attached hydrogens (tertiary/aromatic N) is 2. The summed E-state index contributed by atoms with van der Waals surface area (Å²) in [4.78, 5) is 6.29. The smallest absolute Gasteiger partial charge is 0.0735 e. The highest BCUT2D eigenvalue weighted by Gasteiger charge is 2.30. The van der Waals surface area contributed by atoms with Gasteiger partial charge in [-0.2, -0.15) is 0 Å². The third-order valence-corrected chi connectivity index (χ3v) is 18.3. The van der Waals surface area contributed by atoms with Gasteiger partial charge in [0.1, 0.15) is 0 Å². The summed E-state index contributed by atoms with van der Waals surface area (Å²) in [6.07, 6.45) is 5.80. The topological polar surface area (TPSA) is 17.3 Å². The zero-order valence-corrected chi connectivity index (χ0v) is 41.1. The molecule has 0 radical (unpaired) electrons. The van der Waals surface area contributed by atoms with E-state index in [1.54, 1.807) is 0 Å². The molecule has 0 saturated heterocycles. The van der Waals surface area contributed by atoms with Crippen molar-refractivity contribution in [2.24, 2.45) is 4.99 Å². The average molecular weight is 945 g/mol. The molecule has 71 heavy (non-hydrogen) atoms. The van der Waals surface area contributed by atoms with E-state index in [4.69, 9.17) is 4.99 Å². The van der Waals surface area contributed by atoms with E-state index in [-0.39, 0.29) is 6.04 Å². The van der Waals surface area contributed by atoms with Gasteiger partial charge in [-0.3, -0.25) is 4.99 Å². The molecule has 2 bridgehead atoms. The number of hydrogen-bond acceptors (Lipinski definition) is 3. The van der Waals surface area contributed by atoms with Crippen LogP contribution in [0.25, 0.3) is 106 Å². The number of rotatable bonds is 5. The molecule has 338 valence electrons. The highest BCUT2D eigenvalue weighted by atomic mass is 32.1. The third-order valence-electron chi connectivity index (χ3n) is 15.9. The van der Waals surface area contributed by atoms with Gasteiger partial charge >= 0.3 is 0 Å². The Hall–Kier alpha value is -7.63. The molecule has 2 aliphatic heterocycles. The van der Waals surface area contributed by atoms with Gasteiger partial charge in [0.2, 0.25) is 0 Å². The molecule has 5 heterocycles. The van der Waals surface area contributed by atoms with Crippen LogP contribution in [0.3, 0.4) is 0 Å². The molecule has 3 aromatic heterocycles. The summed E-state index contributed by atoms with van der Waals surface area (Å²) >= 11 is 3.89. The summed E-state index contributed by atoms with van der Waals surface area (Å²) in [5.74, 6) is 0. The van der Waals surface area contributed by atoms with Crippen molar-refractivity contribution in [3.63, 3.8) is 0 Å². The van der Waals surface area contributed by atoms with Crippen LogP contribution in [0.15, 0.2) is 205 Å². The fourth-order valence-corrected chi connectivity index (χ4v) is 15.0. The van der Waals surface area contributed by atoms with Gasteiger partial charge in [0.05, 0.1) is 33.2 Å². The maximum Gasteiger partial charge on any atom is 0.0735 e. The summed E-state index contributed by atoms with van der Waals surface area (Å²) in [5, 5.41) is 12.9. The van der Waals surface area contributed by atoms with E-state index in [9.17, 15) is 0 Å². The number of aryl methyl sites for hydroxylation is 2. The predicted octanol–water partition coefficient (Wildman–Crippen LogP) is 18.8. The Bertz CT molecular complexity index is 4440. The van der Waals surface area contributed by atoms with E-state index in [2.05, 4.69) is 206 Å². The zero-order valence-electron chi connectivity index (χ0n) is 39.5. The third kappa shape index (κ3) is 6.47. The van der Waals surface area contributed by atoms with Crippen LogP contribution >= 0.6 is 22.7 Å². The molecule has 1 unspecified atom stereocenters. The van der Waals surface area contributed by atoms with Crippen molar-refractivity contribution in [1.82, 2.24) is 4.57 Å². The number of aromatic nitrogens is 1. The van der Waals surface area contributed by atoms with Crippen LogP contribution in [0, 0.1) is 6.92 Å². The Balaban J connectivity index is 1.06. The summed E-state index contributed by atoms with van der Waals surface area (Å²) in [6, 6.07) is 73.8. The van der Waals surface area contributed by atoms with Crippen molar-refractivity contribution in [1.29, 1.82) is 0 Å². The largest absolute Gasteiger partial charge is 0.306 e. The maximum absolute atomic E-state index is 6.29. The Morgan fingerprint density at radius 3 is 2.03 bits per heavy atom. The second-order valence-corrected chi connectivity index (χ2v) is 22.1. The van der Waals surface area contributed by atoms with Crippen molar-refractivity contribution >= 4 is 118 Å².